The van der Waals surface area contributed by atoms with Crippen LogP contribution < -0.4 is 5.73 Å². The lowest BCUT2D eigenvalue weighted by molar-refractivity contribution is -0.138. The van der Waals surface area contributed by atoms with Gasteiger partial charge < -0.3 is 5.73 Å². The van der Waals surface area contributed by atoms with Gasteiger partial charge >= 0.3 is 6.18 Å². The molecule has 0 saturated carbocycles. The van der Waals surface area contributed by atoms with Gasteiger partial charge in [-0.1, -0.05) is 42.0 Å². The van der Waals surface area contributed by atoms with Crippen molar-refractivity contribution in [1.82, 2.24) is 0 Å². The Kier molecular flexibility index (Phi) is 3.85. The molecule has 112 valence electrons. The molecule has 0 saturated heterocycles. The number of halogens is 3. The van der Waals surface area contributed by atoms with Gasteiger partial charge in [0.2, 0.25) is 0 Å². The molecule has 2 aromatic carbocycles. The minimum atomic E-state index is -4.42. The summed E-state index contributed by atoms with van der Waals surface area (Å²) in [6.45, 7) is 5.38. The zero-order valence-electron chi connectivity index (χ0n) is 12.3. The van der Waals surface area contributed by atoms with Crippen molar-refractivity contribution in [1.29, 1.82) is 0 Å². The lowest BCUT2D eigenvalue weighted by Crippen LogP contribution is -2.37. The van der Waals surface area contributed by atoms with Crippen LogP contribution in [-0.2, 0) is 11.7 Å². The summed E-state index contributed by atoms with van der Waals surface area (Å²) in [7, 11) is 0. The van der Waals surface area contributed by atoms with Crippen molar-refractivity contribution in [2.45, 2.75) is 32.5 Å². The van der Waals surface area contributed by atoms with Crippen molar-refractivity contribution in [3.8, 4) is 0 Å². The quantitative estimate of drug-likeness (QED) is 0.864. The van der Waals surface area contributed by atoms with Gasteiger partial charge in [-0.25, -0.2) is 0 Å². The number of aryl methyl sites for hydroxylation is 2. The van der Waals surface area contributed by atoms with Crippen LogP contribution in [0.15, 0.2) is 42.5 Å². The van der Waals surface area contributed by atoms with E-state index in [9.17, 15) is 13.2 Å². The van der Waals surface area contributed by atoms with E-state index in [-0.39, 0.29) is 5.56 Å². The van der Waals surface area contributed by atoms with E-state index in [4.69, 9.17) is 5.73 Å². The molecule has 2 aromatic rings. The summed E-state index contributed by atoms with van der Waals surface area (Å²) in [6, 6.07) is 11.1. The molecular weight excluding hydrogens is 275 g/mol. The number of benzene rings is 2. The Morgan fingerprint density at radius 1 is 0.857 bits per heavy atom. The minimum Gasteiger partial charge on any atom is -0.318 e. The van der Waals surface area contributed by atoms with Gasteiger partial charge in [0.15, 0.2) is 0 Å². The zero-order valence-corrected chi connectivity index (χ0v) is 12.3. The van der Waals surface area contributed by atoms with Crippen molar-refractivity contribution in [3.05, 3.63) is 70.3 Å². The molecule has 2 rings (SSSR count). The van der Waals surface area contributed by atoms with Gasteiger partial charge in [-0.05, 0) is 43.5 Å². The van der Waals surface area contributed by atoms with E-state index in [1.165, 1.54) is 12.1 Å². The van der Waals surface area contributed by atoms with Crippen LogP contribution in [0.3, 0.4) is 0 Å². The lowest BCUT2D eigenvalue weighted by Gasteiger charge is -2.30. The first-order valence-corrected chi connectivity index (χ1v) is 6.67. The van der Waals surface area contributed by atoms with Gasteiger partial charge in [-0.15, -0.1) is 0 Å². The number of hydrogen-bond donors (Lipinski definition) is 1. The lowest BCUT2D eigenvalue weighted by atomic mass is 9.80. The summed E-state index contributed by atoms with van der Waals surface area (Å²) in [6.07, 6.45) is -4.42. The van der Waals surface area contributed by atoms with Crippen LogP contribution in [0.5, 0.6) is 0 Å². The molecule has 1 atom stereocenters. The molecule has 0 aromatic heterocycles. The fourth-order valence-electron chi connectivity index (χ4n) is 2.62. The second kappa shape index (κ2) is 5.19. The maximum atomic E-state index is 13.2. The molecule has 0 amide bonds. The van der Waals surface area contributed by atoms with E-state index in [2.05, 4.69) is 0 Å². The topological polar surface area (TPSA) is 26.0 Å². The first-order valence-electron chi connectivity index (χ1n) is 6.67. The predicted molar refractivity (Wildman–Crippen MR) is 78.0 cm³/mol. The summed E-state index contributed by atoms with van der Waals surface area (Å²) < 4.78 is 39.7. The SMILES string of the molecule is Cc1ccc(C)c(C(C)(N)c2ccccc2C(F)(F)F)c1. The molecule has 0 bridgehead atoms. The first-order chi connectivity index (χ1) is 9.64. The van der Waals surface area contributed by atoms with Crippen LogP contribution >= 0.6 is 0 Å². The summed E-state index contributed by atoms with van der Waals surface area (Å²) in [5, 5.41) is 0. The number of nitrogens with two attached hydrogens (primary N) is 1. The van der Waals surface area contributed by atoms with Crippen LogP contribution in [-0.4, -0.2) is 0 Å². The molecule has 4 heteroatoms. The highest BCUT2D eigenvalue weighted by molar-refractivity contribution is 5.46. The summed E-state index contributed by atoms with van der Waals surface area (Å²) >= 11 is 0. The monoisotopic (exact) mass is 293 g/mol. The van der Waals surface area contributed by atoms with Gasteiger partial charge in [0.1, 0.15) is 0 Å². The van der Waals surface area contributed by atoms with E-state index >= 15 is 0 Å². The zero-order chi connectivity index (χ0) is 15.8. The average molecular weight is 293 g/mol. The van der Waals surface area contributed by atoms with Crippen LogP contribution in [0.25, 0.3) is 0 Å². The van der Waals surface area contributed by atoms with E-state index in [1.54, 1.807) is 13.0 Å². The minimum absolute atomic E-state index is 0.0891. The Labute approximate surface area is 122 Å². The normalized spacial score (nSPS) is 14.8. The third kappa shape index (κ3) is 2.95. The Bertz CT molecular complexity index is 657. The fraction of sp³-hybridized carbons (Fsp3) is 0.294. The van der Waals surface area contributed by atoms with Crippen LogP contribution in [0.1, 0.15) is 34.7 Å². The van der Waals surface area contributed by atoms with E-state index in [0.29, 0.717) is 5.56 Å². The number of alkyl halides is 3. The molecule has 0 heterocycles. The smallest absolute Gasteiger partial charge is 0.318 e. The van der Waals surface area contributed by atoms with E-state index in [0.717, 1.165) is 17.2 Å². The third-order valence-corrected chi connectivity index (χ3v) is 3.74. The second-order valence-corrected chi connectivity index (χ2v) is 5.56. The van der Waals surface area contributed by atoms with Crippen molar-refractivity contribution < 1.29 is 13.2 Å². The number of rotatable bonds is 2. The van der Waals surface area contributed by atoms with Crippen LogP contribution in [0, 0.1) is 13.8 Å². The maximum Gasteiger partial charge on any atom is 0.416 e. The number of hydrogen-bond acceptors (Lipinski definition) is 1. The highest BCUT2D eigenvalue weighted by Gasteiger charge is 2.38. The molecule has 0 aliphatic rings. The summed E-state index contributed by atoms with van der Waals surface area (Å²) in [4.78, 5) is 0. The van der Waals surface area contributed by atoms with Crippen LogP contribution in [0.4, 0.5) is 13.2 Å². The molecular formula is C17H18F3N. The molecule has 2 N–H and O–H groups in total. The maximum absolute atomic E-state index is 13.2. The predicted octanol–water partition coefficient (Wildman–Crippen LogP) is 4.54. The summed E-state index contributed by atoms with van der Waals surface area (Å²) in [5.74, 6) is 0. The standard InChI is InChI=1S/C17H18F3N/c1-11-8-9-12(2)15(10-11)16(3,21)13-6-4-5-7-14(13)17(18,19)20/h4-10H,21H2,1-3H3. The fourth-order valence-corrected chi connectivity index (χ4v) is 2.62. The molecule has 1 nitrogen and oxygen atoms in total. The highest BCUT2D eigenvalue weighted by Crippen LogP contribution is 2.39. The highest BCUT2D eigenvalue weighted by atomic mass is 19.4. The van der Waals surface area contributed by atoms with E-state index in [1.807, 2.05) is 32.0 Å². The largest absolute Gasteiger partial charge is 0.416 e. The molecule has 0 spiro atoms. The molecule has 21 heavy (non-hydrogen) atoms. The molecule has 0 aliphatic heterocycles. The molecule has 0 aliphatic carbocycles. The third-order valence-electron chi connectivity index (χ3n) is 3.74. The van der Waals surface area contributed by atoms with Crippen molar-refractivity contribution in [2.24, 2.45) is 5.73 Å². The van der Waals surface area contributed by atoms with Gasteiger partial charge in [0.05, 0.1) is 11.1 Å². The van der Waals surface area contributed by atoms with Gasteiger partial charge in [-0.2, -0.15) is 13.2 Å². The second-order valence-electron chi connectivity index (χ2n) is 5.56. The van der Waals surface area contributed by atoms with E-state index < -0.39 is 17.3 Å². The first kappa shape index (κ1) is 15.6. The molecule has 1 unspecified atom stereocenters. The van der Waals surface area contributed by atoms with Crippen molar-refractivity contribution >= 4 is 0 Å². The van der Waals surface area contributed by atoms with Gasteiger partial charge in [0.25, 0.3) is 0 Å². The Morgan fingerprint density at radius 3 is 2.00 bits per heavy atom. The Hall–Kier alpha value is -1.81. The van der Waals surface area contributed by atoms with Gasteiger partial charge in [-0.3, -0.25) is 0 Å². The Balaban J connectivity index is 2.67. The van der Waals surface area contributed by atoms with Gasteiger partial charge in [0, 0.05) is 0 Å². The Morgan fingerprint density at radius 2 is 1.43 bits per heavy atom. The molecule has 0 fully saturated rings. The summed E-state index contributed by atoms with van der Waals surface area (Å²) in [5.41, 5.74) is 7.08. The molecule has 0 radical (unpaired) electrons. The van der Waals surface area contributed by atoms with Crippen molar-refractivity contribution in [3.63, 3.8) is 0 Å². The van der Waals surface area contributed by atoms with Crippen molar-refractivity contribution in [2.75, 3.05) is 0 Å². The van der Waals surface area contributed by atoms with Crippen LogP contribution in [0.2, 0.25) is 0 Å². The average Bonchev–Trinajstić information content (AvgIpc) is 2.40.